The van der Waals surface area contributed by atoms with E-state index in [4.69, 9.17) is 9.68 Å². The standard InChI is InChI=1S/C42H72N8O4/c1-37(2)25-31(26-38(3,4)49(37)53-33-17-13-11-14-18-33)45-35(51)21-23-41(9,29-43)47-48-42(10,30-44)24-22-36(52)46-32-27-39(5,6)50(40(7,8)28-32)54-34-19-15-12-16-20-34/h31-34H,11-28H2,1-10H3,(H,45,51)(H,46,52). The molecule has 304 valence electrons. The van der Waals surface area contributed by atoms with Gasteiger partial charge in [0.05, 0.1) is 24.3 Å². The first-order valence-electron chi connectivity index (χ1n) is 20.9. The van der Waals surface area contributed by atoms with Crippen LogP contribution < -0.4 is 10.6 Å². The van der Waals surface area contributed by atoms with Crippen molar-refractivity contribution >= 4 is 11.8 Å². The first-order valence-corrected chi connectivity index (χ1v) is 20.9. The van der Waals surface area contributed by atoms with Crippen molar-refractivity contribution in [2.45, 2.75) is 242 Å². The number of azo groups is 1. The Morgan fingerprint density at radius 1 is 0.611 bits per heavy atom. The van der Waals surface area contributed by atoms with Gasteiger partial charge in [-0.2, -0.15) is 30.9 Å². The minimum absolute atomic E-state index is 0.0312. The van der Waals surface area contributed by atoms with Gasteiger partial charge in [0.15, 0.2) is 11.1 Å². The van der Waals surface area contributed by atoms with Gasteiger partial charge in [-0.25, -0.2) is 0 Å². The molecule has 2 heterocycles. The van der Waals surface area contributed by atoms with Crippen LogP contribution >= 0.6 is 0 Å². The van der Waals surface area contributed by atoms with E-state index in [0.29, 0.717) is 0 Å². The van der Waals surface area contributed by atoms with Gasteiger partial charge in [-0.15, -0.1) is 0 Å². The number of hydroxylamine groups is 4. The molecule has 4 aliphatic rings. The summed E-state index contributed by atoms with van der Waals surface area (Å²) in [4.78, 5) is 39.7. The highest BCUT2D eigenvalue weighted by Gasteiger charge is 2.49. The molecule has 2 N–H and O–H groups in total. The second-order valence-electron chi connectivity index (χ2n) is 19.9. The number of nitrogens with one attached hydrogen (secondary N) is 2. The maximum atomic E-state index is 13.2. The summed E-state index contributed by atoms with van der Waals surface area (Å²) in [5.41, 5.74) is -3.65. The van der Waals surface area contributed by atoms with Gasteiger partial charge >= 0.3 is 0 Å². The Balaban J connectivity index is 1.26. The average molecular weight is 753 g/mol. The number of hydrogen-bond acceptors (Lipinski definition) is 10. The van der Waals surface area contributed by atoms with E-state index in [9.17, 15) is 20.1 Å². The SMILES string of the molecule is CC(C#N)(CCC(=O)NC1CC(C)(C)N(OC2CCCCC2)C(C)(C)C1)N=NC(C)(C#N)CCC(=O)NC1CC(C)(C)N(OC2CCCCC2)C(C)(C)C1. The number of amides is 2. The highest BCUT2D eigenvalue weighted by Crippen LogP contribution is 2.42. The molecule has 2 saturated carbocycles. The van der Waals surface area contributed by atoms with E-state index in [2.05, 4.69) is 98.5 Å². The van der Waals surface area contributed by atoms with E-state index in [-0.39, 0.29) is 83.9 Å². The van der Waals surface area contributed by atoms with E-state index >= 15 is 0 Å². The summed E-state index contributed by atoms with van der Waals surface area (Å²) < 4.78 is 0. The number of carbonyl (C=O) groups excluding carboxylic acids is 2. The summed E-state index contributed by atoms with van der Waals surface area (Å²) in [6.07, 6.45) is 15.8. The lowest BCUT2D eigenvalue weighted by atomic mass is 9.78. The fourth-order valence-corrected chi connectivity index (χ4v) is 9.73. The van der Waals surface area contributed by atoms with Crippen molar-refractivity contribution in [3.05, 3.63) is 0 Å². The second-order valence-corrected chi connectivity index (χ2v) is 19.9. The molecule has 0 spiro atoms. The van der Waals surface area contributed by atoms with Crippen LogP contribution in [0.25, 0.3) is 0 Å². The molecule has 0 radical (unpaired) electrons. The van der Waals surface area contributed by atoms with Crippen LogP contribution in [0, 0.1) is 22.7 Å². The Kier molecular flexibility index (Phi) is 14.4. The molecule has 2 saturated heterocycles. The van der Waals surface area contributed by atoms with Crippen molar-refractivity contribution in [1.82, 2.24) is 20.8 Å². The number of nitriles is 2. The second kappa shape index (κ2) is 17.7. The molecule has 0 aromatic carbocycles. The Labute approximate surface area is 326 Å². The van der Waals surface area contributed by atoms with Crippen LogP contribution in [0.4, 0.5) is 0 Å². The van der Waals surface area contributed by atoms with Gasteiger partial charge in [0, 0.05) is 47.1 Å². The summed E-state index contributed by atoms with van der Waals surface area (Å²) in [6, 6.07) is 4.34. The monoisotopic (exact) mass is 753 g/mol. The normalized spacial score (nSPS) is 26.6. The van der Waals surface area contributed by atoms with Gasteiger partial charge in [-0.1, -0.05) is 38.5 Å². The van der Waals surface area contributed by atoms with Crippen LogP contribution in [0.2, 0.25) is 0 Å². The van der Waals surface area contributed by atoms with Crippen molar-refractivity contribution in [3.8, 4) is 12.1 Å². The van der Waals surface area contributed by atoms with Gasteiger partial charge < -0.3 is 10.6 Å². The molecular formula is C42H72N8O4. The average Bonchev–Trinajstić information content (AvgIpc) is 3.09. The molecule has 2 aliphatic carbocycles. The lowest BCUT2D eigenvalue weighted by molar-refractivity contribution is -0.310. The maximum Gasteiger partial charge on any atom is 0.220 e. The van der Waals surface area contributed by atoms with Gasteiger partial charge in [0.2, 0.25) is 11.8 Å². The van der Waals surface area contributed by atoms with E-state index < -0.39 is 11.1 Å². The van der Waals surface area contributed by atoms with E-state index in [1.807, 2.05) is 0 Å². The van der Waals surface area contributed by atoms with E-state index in [1.54, 1.807) is 13.8 Å². The zero-order valence-electron chi connectivity index (χ0n) is 35.4. The third-order valence-electron chi connectivity index (χ3n) is 12.2. The minimum Gasteiger partial charge on any atom is -0.353 e. The summed E-state index contributed by atoms with van der Waals surface area (Å²) >= 11 is 0. The van der Waals surface area contributed by atoms with E-state index in [1.165, 1.54) is 38.5 Å². The smallest absolute Gasteiger partial charge is 0.220 e. The summed E-state index contributed by atoms with van der Waals surface area (Å²) in [5, 5.41) is 39.6. The Morgan fingerprint density at radius 3 is 1.19 bits per heavy atom. The number of nitrogens with zero attached hydrogens (tertiary/aromatic N) is 6. The van der Waals surface area contributed by atoms with Crippen molar-refractivity contribution in [1.29, 1.82) is 10.5 Å². The number of piperidine rings is 2. The van der Waals surface area contributed by atoms with Gasteiger partial charge in [0.1, 0.15) is 0 Å². The summed E-state index contributed by atoms with van der Waals surface area (Å²) in [6.45, 7) is 20.7. The molecule has 2 atom stereocenters. The highest BCUT2D eigenvalue weighted by atomic mass is 16.7. The van der Waals surface area contributed by atoms with Crippen LogP contribution in [-0.2, 0) is 19.3 Å². The van der Waals surface area contributed by atoms with Crippen molar-refractivity contribution in [2.24, 2.45) is 10.2 Å². The summed E-state index contributed by atoms with van der Waals surface area (Å²) in [7, 11) is 0. The highest BCUT2D eigenvalue weighted by molar-refractivity contribution is 5.77. The molecule has 4 rings (SSSR count). The quantitative estimate of drug-likeness (QED) is 0.168. The predicted molar refractivity (Wildman–Crippen MR) is 210 cm³/mol. The molecule has 12 nitrogen and oxygen atoms in total. The molecule has 4 fully saturated rings. The van der Waals surface area contributed by atoms with Crippen LogP contribution in [0.5, 0.6) is 0 Å². The molecule has 12 heteroatoms. The zero-order chi connectivity index (χ0) is 40.0. The topological polar surface area (TPSA) is 155 Å². The number of carbonyl (C=O) groups is 2. The Bertz CT molecular complexity index is 1260. The summed E-state index contributed by atoms with van der Waals surface area (Å²) in [5.74, 6) is -0.273. The maximum absolute atomic E-state index is 13.2. The third-order valence-corrected chi connectivity index (χ3v) is 12.2. The molecule has 2 unspecified atom stereocenters. The van der Waals surface area contributed by atoms with Crippen molar-refractivity contribution in [2.75, 3.05) is 0 Å². The molecule has 2 amide bonds. The predicted octanol–water partition coefficient (Wildman–Crippen LogP) is 8.37. The minimum atomic E-state index is -1.29. The van der Waals surface area contributed by atoms with Gasteiger partial charge in [-0.05, 0) is 133 Å². The lowest BCUT2D eigenvalue weighted by Crippen LogP contribution is -2.64. The fraction of sp³-hybridized carbons (Fsp3) is 0.905. The number of rotatable bonds is 14. The Morgan fingerprint density at radius 2 is 0.907 bits per heavy atom. The largest absolute Gasteiger partial charge is 0.353 e. The Hall–Kier alpha value is -2.64. The van der Waals surface area contributed by atoms with Crippen molar-refractivity contribution < 1.29 is 19.3 Å². The lowest BCUT2D eigenvalue weighted by Gasteiger charge is -2.55. The third kappa shape index (κ3) is 11.9. The van der Waals surface area contributed by atoms with Crippen LogP contribution in [-0.4, -0.2) is 79.5 Å². The molecule has 0 aromatic rings. The molecule has 0 bridgehead atoms. The molecular weight excluding hydrogens is 681 g/mol. The molecule has 54 heavy (non-hydrogen) atoms. The fourth-order valence-electron chi connectivity index (χ4n) is 9.73. The van der Waals surface area contributed by atoms with Crippen LogP contribution in [0.15, 0.2) is 10.2 Å². The van der Waals surface area contributed by atoms with Crippen LogP contribution in [0.1, 0.15) is 185 Å². The van der Waals surface area contributed by atoms with Crippen molar-refractivity contribution in [3.63, 3.8) is 0 Å². The van der Waals surface area contributed by atoms with Gasteiger partial charge in [-0.3, -0.25) is 19.3 Å². The number of hydrogen-bond donors (Lipinski definition) is 2. The van der Waals surface area contributed by atoms with E-state index in [0.717, 1.165) is 51.4 Å². The van der Waals surface area contributed by atoms with Crippen LogP contribution in [0.3, 0.4) is 0 Å². The zero-order valence-corrected chi connectivity index (χ0v) is 35.4. The first kappa shape index (κ1) is 44.1. The molecule has 2 aliphatic heterocycles. The van der Waals surface area contributed by atoms with Gasteiger partial charge in [0.25, 0.3) is 0 Å². The molecule has 0 aromatic heterocycles. The first-order chi connectivity index (χ1) is 25.1.